The molecule has 2 aromatic rings. The van der Waals surface area contributed by atoms with Crippen LogP contribution in [0.1, 0.15) is 12.8 Å². The smallest absolute Gasteiger partial charge is 0.388 e. The Bertz CT molecular complexity index is 992. The second-order valence-electron chi connectivity index (χ2n) is 6.31. The summed E-state index contributed by atoms with van der Waals surface area (Å²) in [7, 11) is 0. The number of aromatic nitrogens is 2. The van der Waals surface area contributed by atoms with Crippen LogP contribution in [0.15, 0.2) is 27.4 Å². The summed E-state index contributed by atoms with van der Waals surface area (Å²) in [6, 6.07) is 3.63. The number of piperidine rings is 1. The Morgan fingerprint density at radius 3 is 2.61 bits per heavy atom. The molecule has 0 atom stereocenters. The minimum absolute atomic E-state index is 0.0116. The molecule has 1 aliphatic heterocycles. The molecule has 1 aromatic carbocycles. The van der Waals surface area contributed by atoms with Crippen LogP contribution in [0, 0.1) is 16.0 Å². The van der Waals surface area contributed by atoms with Crippen LogP contribution in [0.3, 0.4) is 0 Å². The summed E-state index contributed by atoms with van der Waals surface area (Å²) in [5, 5.41) is 14.7. The maximum Gasteiger partial charge on any atom is 0.437 e. The molecular weight excluding hydrogens is 394 g/mol. The summed E-state index contributed by atoms with van der Waals surface area (Å²) < 4.78 is 5.89. The van der Waals surface area contributed by atoms with Crippen LogP contribution < -0.4 is 11.5 Å². The Morgan fingerprint density at radius 1 is 1.36 bits per heavy atom. The second kappa shape index (κ2) is 7.80. The summed E-state index contributed by atoms with van der Waals surface area (Å²) in [4.78, 5) is 47.3. The molecule has 1 saturated heterocycles. The highest BCUT2D eigenvalue weighted by atomic mass is 35.5. The number of amides is 2. The van der Waals surface area contributed by atoms with Gasteiger partial charge < -0.3 is 15.1 Å². The monoisotopic (exact) mass is 409 g/mol. The zero-order chi connectivity index (χ0) is 20.4. The van der Waals surface area contributed by atoms with E-state index < -0.39 is 10.7 Å². The number of primary amides is 1. The van der Waals surface area contributed by atoms with Crippen molar-refractivity contribution in [1.82, 2.24) is 14.7 Å². The number of non-ortho nitro benzene ring substituents is 1. The number of nitrogens with two attached hydrogens (primary N) is 1. The van der Waals surface area contributed by atoms with Gasteiger partial charge in [0.05, 0.1) is 15.5 Å². The van der Waals surface area contributed by atoms with Gasteiger partial charge in [-0.25, -0.2) is 4.79 Å². The first kappa shape index (κ1) is 19.5. The molecule has 0 aliphatic carbocycles. The number of halogens is 1. The highest BCUT2D eigenvalue weighted by molar-refractivity contribution is 6.33. The second-order valence-corrected chi connectivity index (χ2v) is 6.72. The quantitative estimate of drug-likeness (QED) is 0.565. The maximum absolute atomic E-state index is 12.4. The minimum atomic E-state index is -0.857. The third-order valence-corrected chi connectivity index (χ3v) is 4.85. The van der Waals surface area contributed by atoms with E-state index in [1.165, 1.54) is 17.0 Å². The molecule has 0 unspecified atom stereocenters. The van der Waals surface area contributed by atoms with Gasteiger partial charge >= 0.3 is 5.76 Å². The highest BCUT2D eigenvalue weighted by Crippen LogP contribution is 2.29. The molecule has 1 aliphatic rings. The average molecular weight is 410 g/mol. The van der Waals surface area contributed by atoms with E-state index >= 15 is 0 Å². The lowest BCUT2D eigenvalue weighted by atomic mass is 9.96. The standard InChI is InChI=1S/C16H16ClN5O6/c17-12-7-10(22(26)27)1-2-11(12)15-19-21(16(25)28-15)8-13(23)20-5-3-9(4-6-20)14(18)24/h1-2,7,9H,3-6,8H2,(H2,18,24). The molecule has 2 amide bonds. The summed E-state index contributed by atoms with van der Waals surface area (Å²) in [5.41, 5.74) is 5.24. The number of carbonyl (C=O) groups is 2. The van der Waals surface area contributed by atoms with E-state index in [2.05, 4.69) is 5.10 Å². The van der Waals surface area contributed by atoms with Crippen LogP contribution in [-0.2, 0) is 16.1 Å². The number of rotatable bonds is 5. The van der Waals surface area contributed by atoms with E-state index in [9.17, 15) is 24.5 Å². The molecule has 0 radical (unpaired) electrons. The number of carbonyl (C=O) groups excluding carboxylic acids is 2. The normalized spacial score (nSPS) is 14.8. The van der Waals surface area contributed by atoms with Crippen molar-refractivity contribution in [3.63, 3.8) is 0 Å². The predicted molar refractivity (Wildman–Crippen MR) is 96.4 cm³/mol. The highest BCUT2D eigenvalue weighted by Gasteiger charge is 2.27. The van der Waals surface area contributed by atoms with Crippen LogP contribution in [-0.4, -0.2) is 44.5 Å². The summed E-state index contributed by atoms with van der Waals surface area (Å²) >= 11 is 6.01. The van der Waals surface area contributed by atoms with Crippen LogP contribution in [0.5, 0.6) is 0 Å². The lowest BCUT2D eigenvalue weighted by Gasteiger charge is -2.30. The number of nitro groups is 1. The van der Waals surface area contributed by atoms with Crippen LogP contribution >= 0.6 is 11.6 Å². The molecule has 2 heterocycles. The van der Waals surface area contributed by atoms with Crippen molar-refractivity contribution in [2.75, 3.05) is 13.1 Å². The van der Waals surface area contributed by atoms with E-state index in [4.69, 9.17) is 21.8 Å². The molecule has 0 spiro atoms. The molecule has 28 heavy (non-hydrogen) atoms. The van der Waals surface area contributed by atoms with Gasteiger partial charge in [0.1, 0.15) is 6.54 Å². The summed E-state index contributed by atoms with van der Waals surface area (Å²) in [5.74, 6) is -1.99. The zero-order valence-corrected chi connectivity index (χ0v) is 15.3. The van der Waals surface area contributed by atoms with E-state index in [0.717, 1.165) is 10.7 Å². The first-order valence-electron chi connectivity index (χ1n) is 8.35. The lowest BCUT2D eigenvalue weighted by Crippen LogP contribution is -2.43. The molecule has 11 nitrogen and oxygen atoms in total. The van der Waals surface area contributed by atoms with E-state index in [1.54, 1.807) is 0 Å². The van der Waals surface area contributed by atoms with E-state index in [1.807, 2.05) is 0 Å². The first-order chi connectivity index (χ1) is 13.3. The van der Waals surface area contributed by atoms with Crippen LogP contribution in [0.4, 0.5) is 5.69 Å². The molecular formula is C16H16ClN5O6. The molecule has 148 valence electrons. The van der Waals surface area contributed by atoms with Crippen molar-refractivity contribution in [1.29, 1.82) is 0 Å². The molecule has 1 aromatic heterocycles. The molecule has 2 N–H and O–H groups in total. The van der Waals surface area contributed by atoms with Gasteiger partial charge in [-0.05, 0) is 18.9 Å². The summed E-state index contributed by atoms with van der Waals surface area (Å²) in [6.45, 7) is 0.383. The van der Waals surface area contributed by atoms with E-state index in [0.29, 0.717) is 25.9 Å². The Labute approximate surface area is 162 Å². The van der Waals surface area contributed by atoms with Gasteiger partial charge in [-0.1, -0.05) is 11.6 Å². The molecule has 0 saturated carbocycles. The van der Waals surface area contributed by atoms with Crippen LogP contribution in [0.25, 0.3) is 11.5 Å². The van der Waals surface area contributed by atoms with Gasteiger partial charge in [-0.15, -0.1) is 5.10 Å². The van der Waals surface area contributed by atoms with Crippen LogP contribution in [0.2, 0.25) is 5.02 Å². The van der Waals surface area contributed by atoms with Gasteiger partial charge in [0.15, 0.2) is 0 Å². The first-order valence-corrected chi connectivity index (χ1v) is 8.73. The van der Waals surface area contributed by atoms with Gasteiger partial charge in [-0.2, -0.15) is 4.68 Å². The lowest BCUT2D eigenvalue weighted by molar-refractivity contribution is -0.384. The number of benzene rings is 1. The van der Waals surface area contributed by atoms with Crippen molar-refractivity contribution < 1.29 is 18.9 Å². The van der Waals surface area contributed by atoms with Gasteiger partial charge in [0.25, 0.3) is 11.6 Å². The third-order valence-electron chi connectivity index (χ3n) is 4.54. The zero-order valence-electron chi connectivity index (χ0n) is 14.5. The third kappa shape index (κ3) is 4.03. The average Bonchev–Trinajstić information content (AvgIpc) is 3.01. The number of hydrogen-bond donors (Lipinski definition) is 1. The van der Waals surface area contributed by atoms with Crippen molar-refractivity contribution in [2.45, 2.75) is 19.4 Å². The maximum atomic E-state index is 12.4. The number of nitrogens with zero attached hydrogens (tertiary/aromatic N) is 4. The van der Waals surface area contributed by atoms with Gasteiger partial charge in [-0.3, -0.25) is 19.7 Å². The summed E-state index contributed by atoms with van der Waals surface area (Å²) in [6.07, 6.45) is 0.941. The van der Waals surface area contributed by atoms with Crippen molar-refractivity contribution in [3.05, 3.63) is 43.9 Å². The Morgan fingerprint density at radius 2 is 2.04 bits per heavy atom. The number of nitro benzene ring substituents is 1. The molecule has 0 bridgehead atoms. The fraction of sp³-hybridized carbons (Fsp3) is 0.375. The van der Waals surface area contributed by atoms with Crippen molar-refractivity contribution in [2.24, 2.45) is 11.7 Å². The Hall–Kier alpha value is -3.21. The fourth-order valence-corrected chi connectivity index (χ4v) is 3.20. The number of likely N-dealkylation sites (tertiary alicyclic amines) is 1. The van der Waals surface area contributed by atoms with Crippen molar-refractivity contribution in [3.8, 4) is 11.5 Å². The molecule has 1 fully saturated rings. The Balaban J connectivity index is 1.73. The SMILES string of the molecule is NC(=O)C1CCN(C(=O)Cn2nc(-c3ccc([N+](=O)[O-])cc3Cl)oc2=O)CC1. The molecule has 12 heteroatoms. The van der Waals surface area contributed by atoms with Crippen molar-refractivity contribution >= 4 is 29.1 Å². The number of hydrogen-bond acceptors (Lipinski definition) is 7. The predicted octanol–water partition coefficient (Wildman–Crippen LogP) is 0.789. The van der Waals surface area contributed by atoms with Gasteiger partial charge in [0.2, 0.25) is 11.8 Å². The fourth-order valence-electron chi connectivity index (χ4n) is 2.95. The topological polar surface area (TPSA) is 155 Å². The van der Waals surface area contributed by atoms with E-state index in [-0.39, 0.29) is 46.4 Å². The Kier molecular flexibility index (Phi) is 5.45. The van der Waals surface area contributed by atoms with Gasteiger partial charge in [0, 0.05) is 31.1 Å². The minimum Gasteiger partial charge on any atom is -0.388 e. The largest absolute Gasteiger partial charge is 0.437 e. The molecule has 3 rings (SSSR count).